The van der Waals surface area contributed by atoms with E-state index in [1.165, 1.54) is 0 Å². The third kappa shape index (κ3) is 2.31. The number of aromatic nitrogens is 1. The van der Waals surface area contributed by atoms with E-state index in [1.807, 2.05) is 0 Å². The molecule has 1 heterocycles. The molecule has 1 aromatic heterocycles. The van der Waals surface area contributed by atoms with Crippen molar-refractivity contribution in [3.05, 3.63) is 28.5 Å². The first-order chi connectivity index (χ1) is 6.32. The van der Waals surface area contributed by atoms with Crippen LogP contribution < -0.4 is 0 Å². The van der Waals surface area contributed by atoms with E-state index in [2.05, 4.69) is 4.98 Å². The number of hydrogen-bond acceptors (Lipinski definition) is 1. The molecule has 0 aliphatic carbocycles. The van der Waals surface area contributed by atoms with Gasteiger partial charge in [0.1, 0.15) is 5.15 Å². The van der Waals surface area contributed by atoms with Crippen LogP contribution in [0.4, 0.5) is 22.0 Å². The highest BCUT2D eigenvalue weighted by atomic mass is 35.5. The van der Waals surface area contributed by atoms with E-state index in [1.54, 1.807) is 0 Å². The summed E-state index contributed by atoms with van der Waals surface area (Å²) >= 11 is 5.20. The van der Waals surface area contributed by atoms with Gasteiger partial charge in [-0.2, -0.15) is 13.2 Å². The van der Waals surface area contributed by atoms with Crippen molar-refractivity contribution in [3.8, 4) is 0 Å². The third-order valence-corrected chi connectivity index (χ3v) is 1.65. The summed E-state index contributed by atoms with van der Waals surface area (Å²) in [4.78, 5) is 3.10. The Balaban J connectivity index is 3.29. The van der Waals surface area contributed by atoms with Crippen molar-refractivity contribution in [1.82, 2.24) is 4.98 Å². The Morgan fingerprint density at radius 2 is 1.86 bits per heavy atom. The molecular weight excluding hydrogens is 229 g/mol. The SMILES string of the molecule is FC(F)c1cc(Cl)ncc1C(F)(F)F. The normalized spacial score (nSPS) is 12.2. The largest absolute Gasteiger partial charge is 0.418 e. The Labute approximate surface area is 80.5 Å². The highest BCUT2D eigenvalue weighted by Crippen LogP contribution is 2.36. The van der Waals surface area contributed by atoms with Gasteiger partial charge in [-0.3, -0.25) is 0 Å². The van der Waals surface area contributed by atoms with E-state index in [-0.39, 0.29) is 0 Å². The van der Waals surface area contributed by atoms with Gasteiger partial charge < -0.3 is 0 Å². The number of alkyl halides is 5. The Morgan fingerprint density at radius 3 is 2.29 bits per heavy atom. The minimum absolute atomic E-state index is 0.295. The fourth-order valence-electron chi connectivity index (χ4n) is 0.861. The van der Waals surface area contributed by atoms with Gasteiger partial charge in [0.25, 0.3) is 6.43 Å². The summed E-state index contributed by atoms with van der Waals surface area (Å²) in [6, 6.07) is 0.509. The number of halogens is 6. The second-order valence-electron chi connectivity index (χ2n) is 2.39. The number of hydrogen-bond donors (Lipinski definition) is 0. The zero-order valence-corrected chi connectivity index (χ0v) is 7.20. The molecule has 0 aliphatic heterocycles. The van der Waals surface area contributed by atoms with Crippen molar-refractivity contribution in [2.45, 2.75) is 12.6 Å². The summed E-state index contributed by atoms with van der Waals surface area (Å²) in [6.07, 6.45) is -7.78. The molecule has 0 saturated heterocycles. The van der Waals surface area contributed by atoms with Crippen molar-refractivity contribution < 1.29 is 22.0 Å². The fourth-order valence-corrected chi connectivity index (χ4v) is 1.03. The lowest BCUT2D eigenvalue weighted by Gasteiger charge is -2.11. The summed E-state index contributed by atoms with van der Waals surface area (Å²) in [5.74, 6) is 0. The molecule has 1 nitrogen and oxygen atoms in total. The molecule has 0 atom stereocenters. The minimum Gasteiger partial charge on any atom is -0.244 e. The van der Waals surface area contributed by atoms with Crippen LogP contribution in [-0.4, -0.2) is 4.98 Å². The molecule has 78 valence electrons. The van der Waals surface area contributed by atoms with E-state index in [4.69, 9.17) is 11.6 Å². The zero-order chi connectivity index (χ0) is 10.9. The number of nitrogens with zero attached hydrogens (tertiary/aromatic N) is 1. The summed E-state index contributed by atoms with van der Waals surface area (Å²) in [5, 5.41) is -0.395. The maximum Gasteiger partial charge on any atom is 0.418 e. The van der Waals surface area contributed by atoms with E-state index in [0.29, 0.717) is 12.3 Å². The van der Waals surface area contributed by atoms with Gasteiger partial charge in [0.05, 0.1) is 5.56 Å². The van der Waals surface area contributed by atoms with Crippen LogP contribution >= 0.6 is 11.6 Å². The minimum atomic E-state index is -4.84. The van der Waals surface area contributed by atoms with Crippen LogP contribution in [-0.2, 0) is 6.18 Å². The van der Waals surface area contributed by atoms with Crippen LogP contribution in [0.2, 0.25) is 5.15 Å². The standard InChI is InChI=1S/C7H3ClF5N/c8-5-1-3(6(9)10)4(2-14-5)7(11,12)13/h1-2,6H. The number of rotatable bonds is 1. The smallest absolute Gasteiger partial charge is 0.244 e. The monoisotopic (exact) mass is 231 g/mol. The summed E-state index contributed by atoms with van der Waals surface area (Å²) in [6.45, 7) is 0. The first-order valence-electron chi connectivity index (χ1n) is 3.33. The van der Waals surface area contributed by atoms with Gasteiger partial charge in [0.15, 0.2) is 0 Å². The van der Waals surface area contributed by atoms with Crippen molar-refractivity contribution in [2.24, 2.45) is 0 Å². The van der Waals surface area contributed by atoms with Gasteiger partial charge in [0, 0.05) is 11.8 Å². The second-order valence-corrected chi connectivity index (χ2v) is 2.78. The molecular formula is C7H3ClF5N. The maximum absolute atomic E-state index is 12.2. The van der Waals surface area contributed by atoms with E-state index in [9.17, 15) is 22.0 Å². The van der Waals surface area contributed by atoms with Crippen LogP contribution in [0.15, 0.2) is 12.3 Å². The molecule has 0 fully saturated rings. The molecule has 0 bridgehead atoms. The maximum atomic E-state index is 12.2. The molecule has 0 saturated carbocycles. The lowest BCUT2D eigenvalue weighted by Crippen LogP contribution is -2.10. The molecule has 0 unspecified atom stereocenters. The molecule has 7 heteroatoms. The van der Waals surface area contributed by atoms with Crippen LogP contribution in [0, 0.1) is 0 Å². The Hall–Kier alpha value is -0.910. The van der Waals surface area contributed by atoms with Crippen molar-refractivity contribution in [2.75, 3.05) is 0 Å². The fraction of sp³-hybridized carbons (Fsp3) is 0.286. The average molecular weight is 232 g/mol. The molecule has 0 aliphatic rings. The van der Waals surface area contributed by atoms with Gasteiger partial charge in [-0.05, 0) is 6.07 Å². The summed E-state index contributed by atoms with van der Waals surface area (Å²) in [7, 11) is 0. The molecule has 1 rings (SSSR count). The Kier molecular flexibility index (Phi) is 2.94. The van der Waals surface area contributed by atoms with Crippen LogP contribution in [0.3, 0.4) is 0 Å². The molecule has 0 radical (unpaired) electrons. The molecule has 1 aromatic rings. The predicted octanol–water partition coefficient (Wildman–Crippen LogP) is 3.69. The van der Waals surface area contributed by atoms with Gasteiger partial charge in [-0.1, -0.05) is 11.6 Å². The Bertz CT molecular complexity index is 335. The van der Waals surface area contributed by atoms with Crippen molar-refractivity contribution in [3.63, 3.8) is 0 Å². The predicted molar refractivity (Wildman–Crippen MR) is 39.2 cm³/mol. The van der Waals surface area contributed by atoms with Gasteiger partial charge in [-0.15, -0.1) is 0 Å². The van der Waals surface area contributed by atoms with Crippen LogP contribution in [0.5, 0.6) is 0 Å². The average Bonchev–Trinajstić information content (AvgIpc) is 2.01. The van der Waals surface area contributed by atoms with Crippen molar-refractivity contribution >= 4 is 11.6 Å². The molecule has 0 aromatic carbocycles. The molecule has 0 amide bonds. The van der Waals surface area contributed by atoms with E-state index in [0.717, 1.165) is 0 Å². The summed E-state index contributed by atoms with van der Waals surface area (Å²) < 4.78 is 60.7. The first kappa shape index (κ1) is 11.2. The first-order valence-corrected chi connectivity index (χ1v) is 3.71. The zero-order valence-electron chi connectivity index (χ0n) is 6.45. The van der Waals surface area contributed by atoms with Crippen molar-refractivity contribution in [1.29, 1.82) is 0 Å². The number of pyridine rings is 1. The van der Waals surface area contributed by atoms with Crippen LogP contribution in [0.1, 0.15) is 17.6 Å². The molecule has 0 spiro atoms. The van der Waals surface area contributed by atoms with Crippen LogP contribution in [0.25, 0.3) is 0 Å². The quantitative estimate of drug-likeness (QED) is 0.531. The molecule has 14 heavy (non-hydrogen) atoms. The topological polar surface area (TPSA) is 12.9 Å². The Morgan fingerprint density at radius 1 is 1.29 bits per heavy atom. The highest BCUT2D eigenvalue weighted by molar-refractivity contribution is 6.29. The third-order valence-electron chi connectivity index (χ3n) is 1.44. The summed E-state index contributed by atoms with van der Waals surface area (Å²) in [5.41, 5.74) is -2.62. The van der Waals surface area contributed by atoms with Gasteiger partial charge in [0.2, 0.25) is 0 Å². The highest BCUT2D eigenvalue weighted by Gasteiger charge is 2.36. The lowest BCUT2D eigenvalue weighted by molar-refractivity contribution is -0.139. The van der Waals surface area contributed by atoms with Gasteiger partial charge >= 0.3 is 6.18 Å². The van der Waals surface area contributed by atoms with E-state index < -0.39 is 28.9 Å². The van der Waals surface area contributed by atoms with E-state index >= 15 is 0 Å². The molecule has 0 N–H and O–H groups in total. The second kappa shape index (κ2) is 3.68. The lowest BCUT2D eigenvalue weighted by atomic mass is 10.1. The van der Waals surface area contributed by atoms with Gasteiger partial charge in [-0.25, -0.2) is 13.8 Å².